The third kappa shape index (κ3) is 5.64. The number of likely N-dealkylation sites (tertiary alicyclic amines) is 1. The summed E-state index contributed by atoms with van der Waals surface area (Å²) >= 11 is 0. The van der Waals surface area contributed by atoms with E-state index in [4.69, 9.17) is 20.9 Å². The molecule has 0 aliphatic carbocycles. The molecule has 3 atom stereocenters. The van der Waals surface area contributed by atoms with Crippen molar-refractivity contribution in [2.45, 2.75) is 38.0 Å². The van der Waals surface area contributed by atoms with Gasteiger partial charge in [0.05, 0.1) is 24.9 Å². The number of pyridine rings is 1. The highest BCUT2D eigenvalue weighted by Crippen LogP contribution is 2.34. The fourth-order valence-electron chi connectivity index (χ4n) is 4.46. The summed E-state index contributed by atoms with van der Waals surface area (Å²) in [6.07, 6.45) is 4.79. The quantitative estimate of drug-likeness (QED) is 0.456. The Kier molecular flexibility index (Phi) is 7.58. The Hall–Kier alpha value is -4.58. The second kappa shape index (κ2) is 11.0. The molecule has 0 radical (unpaired) electrons. The number of ether oxygens (including phenoxy) is 2. The van der Waals surface area contributed by atoms with Gasteiger partial charge in [0, 0.05) is 42.8 Å². The number of hydrogen-bond donors (Lipinski definition) is 2. The molecular formula is C28H27N3O6. The smallest absolute Gasteiger partial charge is 0.326 e. The van der Waals surface area contributed by atoms with Crippen molar-refractivity contribution in [1.82, 2.24) is 15.2 Å². The highest BCUT2D eigenvalue weighted by atomic mass is 16.5. The number of nitrogens with one attached hydrogen (secondary N) is 1. The molecule has 1 unspecified atom stereocenters. The minimum absolute atomic E-state index is 0.0249. The van der Waals surface area contributed by atoms with E-state index in [9.17, 15) is 19.5 Å². The van der Waals surface area contributed by atoms with E-state index >= 15 is 0 Å². The van der Waals surface area contributed by atoms with Crippen molar-refractivity contribution in [3.05, 3.63) is 54.6 Å². The summed E-state index contributed by atoms with van der Waals surface area (Å²) in [6, 6.07) is 14.7. The number of carbonyl (C=O) groups is 3. The lowest BCUT2D eigenvalue weighted by molar-refractivity contribution is -0.149. The molecule has 1 aromatic heterocycles. The Bertz CT molecular complexity index is 1370. The van der Waals surface area contributed by atoms with Gasteiger partial charge in [-0.3, -0.25) is 9.59 Å². The zero-order chi connectivity index (χ0) is 26.5. The molecule has 3 aromatic rings. The summed E-state index contributed by atoms with van der Waals surface area (Å²) in [5.41, 5.74) is 2.21. The number of nitrogens with zero attached hydrogens (tertiary/aromatic N) is 2. The number of carboxylic acid groups (broad SMARTS) is 1. The van der Waals surface area contributed by atoms with E-state index in [1.54, 1.807) is 19.2 Å². The summed E-state index contributed by atoms with van der Waals surface area (Å²) in [5.74, 6) is 1.37. The van der Waals surface area contributed by atoms with E-state index in [2.05, 4.69) is 11.2 Å². The Morgan fingerprint density at radius 3 is 2.62 bits per heavy atom. The van der Waals surface area contributed by atoms with E-state index in [1.807, 2.05) is 42.5 Å². The van der Waals surface area contributed by atoms with Gasteiger partial charge in [0.25, 0.3) is 0 Å². The van der Waals surface area contributed by atoms with Crippen molar-refractivity contribution in [2.24, 2.45) is 0 Å². The molecular weight excluding hydrogens is 474 g/mol. The zero-order valence-corrected chi connectivity index (χ0v) is 20.5. The molecule has 2 heterocycles. The molecule has 1 aliphatic heterocycles. The minimum Gasteiger partial charge on any atom is -0.497 e. The predicted molar refractivity (Wildman–Crippen MR) is 137 cm³/mol. The van der Waals surface area contributed by atoms with Crippen LogP contribution < -0.4 is 14.8 Å². The summed E-state index contributed by atoms with van der Waals surface area (Å²) < 4.78 is 11.7. The molecule has 0 bridgehead atoms. The van der Waals surface area contributed by atoms with Crippen LogP contribution in [0.2, 0.25) is 0 Å². The van der Waals surface area contributed by atoms with Gasteiger partial charge < -0.3 is 24.8 Å². The SMILES string of the molecule is C#CCC(NC(C)=O)C(=O)N1C[C@H](Oc2cc(-c3ccccc3)nc3cc(OC)ccc23)C[C@H]1C(=O)O. The van der Waals surface area contributed by atoms with E-state index in [0.717, 1.165) is 10.9 Å². The lowest BCUT2D eigenvalue weighted by Crippen LogP contribution is -2.51. The van der Waals surface area contributed by atoms with Crippen LogP contribution in [-0.4, -0.2) is 64.6 Å². The molecule has 1 saturated heterocycles. The monoisotopic (exact) mass is 501 g/mol. The highest BCUT2D eigenvalue weighted by molar-refractivity contribution is 5.91. The van der Waals surface area contributed by atoms with Crippen LogP contribution in [-0.2, 0) is 14.4 Å². The van der Waals surface area contributed by atoms with Gasteiger partial charge in [0.1, 0.15) is 29.7 Å². The first kappa shape index (κ1) is 25.5. The van der Waals surface area contributed by atoms with Gasteiger partial charge in [-0.25, -0.2) is 9.78 Å². The molecule has 37 heavy (non-hydrogen) atoms. The molecule has 2 aromatic carbocycles. The number of carboxylic acids is 1. The number of benzene rings is 2. The van der Waals surface area contributed by atoms with Crippen LogP contribution >= 0.6 is 0 Å². The van der Waals surface area contributed by atoms with Crippen LogP contribution in [0.1, 0.15) is 19.8 Å². The van der Waals surface area contributed by atoms with Crippen molar-refractivity contribution < 1.29 is 29.0 Å². The number of fused-ring (bicyclic) bond motifs is 1. The van der Waals surface area contributed by atoms with Crippen LogP contribution in [0.3, 0.4) is 0 Å². The number of hydrogen-bond acceptors (Lipinski definition) is 6. The summed E-state index contributed by atoms with van der Waals surface area (Å²) in [6.45, 7) is 1.30. The van der Waals surface area contributed by atoms with Crippen LogP contribution in [0.15, 0.2) is 54.6 Å². The highest BCUT2D eigenvalue weighted by Gasteiger charge is 2.43. The first-order chi connectivity index (χ1) is 17.8. The predicted octanol–water partition coefficient (Wildman–Crippen LogP) is 2.87. The lowest BCUT2D eigenvalue weighted by Gasteiger charge is -2.26. The van der Waals surface area contributed by atoms with Crippen LogP contribution in [0, 0.1) is 12.3 Å². The summed E-state index contributed by atoms with van der Waals surface area (Å²) in [4.78, 5) is 42.8. The Balaban J connectivity index is 1.67. The maximum atomic E-state index is 13.2. The average Bonchev–Trinajstić information content (AvgIpc) is 3.32. The fraction of sp³-hybridized carbons (Fsp3) is 0.286. The van der Waals surface area contributed by atoms with Gasteiger partial charge in [-0.1, -0.05) is 30.3 Å². The number of methoxy groups -OCH3 is 1. The van der Waals surface area contributed by atoms with Gasteiger partial charge in [-0.2, -0.15) is 0 Å². The van der Waals surface area contributed by atoms with Crippen molar-refractivity contribution in [3.8, 4) is 35.1 Å². The molecule has 1 aliphatic rings. The Labute approximate surface area is 214 Å². The molecule has 9 nitrogen and oxygen atoms in total. The maximum Gasteiger partial charge on any atom is 0.326 e. The standard InChI is InChI=1S/C28H27N3O6/c1-4-8-22(29-17(2)32)27(33)31-16-20(14-25(31)28(34)35)37-26-15-23(18-9-6-5-7-10-18)30-24-13-19(36-3)11-12-21(24)26/h1,5-7,9-13,15,20,22,25H,8,14,16H2,2-3H3,(H,29,32)(H,34,35)/t20-,22?,25+/m1/s1. The number of amides is 2. The second-order valence-electron chi connectivity index (χ2n) is 8.74. The van der Waals surface area contributed by atoms with Crippen LogP contribution in [0.25, 0.3) is 22.2 Å². The lowest BCUT2D eigenvalue weighted by atomic mass is 10.1. The third-order valence-electron chi connectivity index (χ3n) is 6.17. The number of aliphatic carboxylic acids is 1. The van der Waals surface area contributed by atoms with Gasteiger partial charge in [0.2, 0.25) is 11.8 Å². The van der Waals surface area contributed by atoms with Crippen molar-refractivity contribution >= 4 is 28.7 Å². The molecule has 0 spiro atoms. The first-order valence-electron chi connectivity index (χ1n) is 11.8. The topological polar surface area (TPSA) is 118 Å². The molecule has 4 rings (SSSR count). The molecule has 190 valence electrons. The summed E-state index contributed by atoms with van der Waals surface area (Å²) in [7, 11) is 1.57. The first-order valence-corrected chi connectivity index (χ1v) is 11.8. The van der Waals surface area contributed by atoms with E-state index in [-0.39, 0.29) is 19.4 Å². The Morgan fingerprint density at radius 2 is 1.97 bits per heavy atom. The maximum absolute atomic E-state index is 13.2. The normalized spacial score (nSPS) is 17.6. The number of terminal acetylenes is 1. The van der Waals surface area contributed by atoms with E-state index in [0.29, 0.717) is 22.7 Å². The summed E-state index contributed by atoms with van der Waals surface area (Å²) in [5, 5.41) is 13.1. The van der Waals surface area contributed by atoms with Gasteiger partial charge in [-0.15, -0.1) is 12.3 Å². The van der Waals surface area contributed by atoms with Crippen molar-refractivity contribution in [3.63, 3.8) is 0 Å². The van der Waals surface area contributed by atoms with Crippen molar-refractivity contribution in [1.29, 1.82) is 0 Å². The number of rotatable bonds is 8. The van der Waals surface area contributed by atoms with Crippen molar-refractivity contribution in [2.75, 3.05) is 13.7 Å². The number of aromatic nitrogens is 1. The van der Waals surface area contributed by atoms with E-state index < -0.39 is 36.0 Å². The largest absolute Gasteiger partial charge is 0.497 e. The molecule has 9 heteroatoms. The molecule has 2 amide bonds. The van der Waals surface area contributed by atoms with Gasteiger partial charge >= 0.3 is 5.97 Å². The zero-order valence-electron chi connectivity index (χ0n) is 20.5. The third-order valence-corrected chi connectivity index (χ3v) is 6.17. The Morgan fingerprint density at radius 1 is 1.22 bits per heavy atom. The van der Waals surface area contributed by atoms with E-state index in [1.165, 1.54) is 11.8 Å². The molecule has 1 fully saturated rings. The van der Waals surface area contributed by atoms with Gasteiger partial charge in [-0.05, 0) is 12.1 Å². The molecule has 0 saturated carbocycles. The van der Waals surface area contributed by atoms with Crippen LogP contribution in [0.5, 0.6) is 11.5 Å². The fourth-order valence-corrected chi connectivity index (χ4v) is 4.46. The van der Waals surface area contributed by atoms with Gasteiger partial charge in [0.15, 0.2) is 0 Å². The minimum atomic E-state index is -1.16. The molecule has 2 N–H and O–H groups in total. The average molecular weight is 502 g/mol. The second-order valence-corrected chi connectivity index (χ2v) is 8.74. The van der Waals surface area contributed by atoms with Crippen LogP contribution in [0.4, 0.5) is 0 Å². The number of carbonyl (C=O) groups excluding carboxylic acids is 2.